The van der Waals surface area contributed by atoms with Gasteiger partial charge < -0.3 is 11.1 Å². The largest absolute Gasteiger partial charge is 0.366 e. The molecule has 24 heavy (non-hydrogen) atoms. The zero-order chi connectivity index (χ0) is 16.5. The summed E-state index contributed by atoms with van der Waals surface area (Å²) in [5.41, 5.74) is 9.60. The van der Waals surface area contributed by atoms with Gasteiger partial charge in [0.1, 0.15) is 0 Å². The summed E-state index contributed by atoms with van der Waals surface area (Å²) in [6, 6.07) is 14.1. The molecule has 1 amide bonds. The number of nitrogens with two attached hydrogens (primary N) is 1. The van der Waals surface area contributed by atoms with Crippen molar-refractivity contribution in [3.63, 3.8) is 0 Å². The Morgan fingerprint density at radius 1 is 1.17 bits per heavy atom. The molecule has 0 spiro atoms. The highest BCUT2D eigenvalue weighted by Gasteiger charge is 2.16. The Labute approximate surface area is 139 Å². The van der Waals surface area contributed by atoms with E-state index < -0.39 is 0 Å². The number of amides is 1. The molecule has 1 aliphatic heterocycles. The van der Waals surface area contributed by atoms with E-state index in [0.717, 1.165) is 30.0 Å². The third-order valence-electron chi connectivity index (χ3n) is 4.15. The number of fused-ring (bicyclic) bond motifs is 1. The Bertz CT molecular complexity index is 886. The van der Waals surface area contributed by atoms with Crippen molar-refractivity contribution in [3.05, 3.63) is 48.0 Å². The number of rotatable bonds is 3. The number of carbonyl (C=O) groups is 1. The Morgan fingerprint density at radius 3 is 2.79 bits per heavy atom. The molecule has 3 N–H and O–H groups in total. The quantitative estimate of drug-likeness (QED) is 0.748. The highest BCUT2D eigenvalue weighted by atomic mass is 16.2. The van der Waals surface area contributed by atoms with E-state index in [4.69, 9.17) is 5.73 Å². The number of nitrogens with one attached hydrogen (secondary N) is 1. The van der Waals surface area contributed by atoms with Gasteiger partial charge in [0.05, 0.1) is 12.2 Å². The molecule has 0 aliphatic carbocycles. The van der Waals surface area contributed by atoms with Gasteiger partial charge in [0, 0.05) is 25.2 Å². The van der Waals surface area contributed by atoms with Crippen LogP contribution in [0.25, 0.3) is 16.9 Å². The molecule has 7 heteroatoms. The summed E-state index contributed by atoms with van der Waals surface area (Å²) >= 11 is 0. The van der Waals surface area contributed by atoms with Crippen LogP contribution in [0.4, 0.5) is 5.95 Å². The Balaban J connectivity index is 1.58. The van der Waals surface area contributed by atoms with Crippen LogP contribution in [-0.2, 0) is 11.3 Å². The van der Waals surface area contributed by atoms with E-state index in [-0.39, 0.29) is 11.9 Å². The predicted octanol–water partition coefficient (Wildman–Crippen LogP) is 0.910. The van der Waals surface area contributed by atoms with Gasteiger partial charge in [-0.1, -0.05) is 30.3 Å². The second-order valence-electron chi connectivity index (χ2n) is 5.91. The topological polar surface area (TPSA) is 88.5 Å². The summed E-state index contributed by atoms with van der Waals surface area (Å²) in [6.45, 7) is 2.82. The predicted molar refractivity (Wildman–Crippen MR) is 91.1 cm³/mol. The molecule has 0 bridgehead atoms. The summed E-state index contributed by atoms with van der Waals surface area (Å²) in [4.78, 5) is 17.8. The average molecular weight is 322 g/mol. The Hall–Kier alpha value is -2.93. The molecule has 1 aromatic carbocycles. The zero-order valence-corrected chi connectivity index (χ0v) is 13.1. The van der Waals surface area contributed by atoms with Crippen LogP contribution in [-0.4, -0.2) is 45.0 Å². The number of benzene rings is 1. The molecule has 3 heterocycles. The third kappa shape index (κ3) is 2.81. The van der Waals surface area contributed by atoms with E-state index in [0.29, 0.717) is 13.1 Å². The van der Waals surface area contributed by atoms with Gasteiger partial charge in [-0.2, -0.15) is 4.98 Å². The zero-order valence-electron chi connectivity index (χ0n) is 13.1. The molecule has 0 radical (unpaired) electrons. The molecule has 3 aromatic rings. The van der Waals surface area contributed by atoms with E-state index in [9.17, 15) is 4.79 Å². The Kier molecular flexibility index (Phi) is 3.62. The molecule has 1 aliphatic rings. The van der Waals surface area contributed by atoms with Gasteiger partial charge in [0.15, 0.2) is 5.65 Å². The maximum Gasteiger partial charge on any atom is 0.240 e. The normalized spacial score (nSPS) is 15.6. The molecule has 1 saturated heterocycles. The highest BCUT2D eigenvalue weighted by Crippen LogP contribution is 2.21. The number of hydrogen-bond donors (Lipinski definition) is 2. The second kappa shape index (κ2) is 5.93. The van der Waals surface area contributed by atoms with Gasteiger partial charge in [0.25, 0.3) is 0 Å². The number of hydrogen-bond acceptors (Lipinski definition) is 5. The summed E-state index contributed by atoms with van der Waals surface area (Å²) in [7, 11) is 0. The van der Waals surface area contributed by atoms with Crippen molar-refractivity contribution in [2.75, 3.05) is 25.4 Å². The fourth-order valence-corrected chi connectivity index (χ4v) is 3.01. The number of nitrogens with zero attached hydrogens (tertiary/aromatic N) is 4. The van der Waals surface area contributed by atoms with Crippen LogP contribution in [0.5, 0.6) is 0 Å². The smallest absolute Gasteiger partial charge is 0.240 e. The molecule has 4 rings (SSSR count). The maximum absolute atomic E-state index is 11.5. The van der Waals surface area contributed by atoms with Gasteiger partial charge in [0.2, 0.25) is 11.9 Å². The molecule has 1 fully saturated rings. The lowest BCUT2D eigenvalue weighted by molar-refractivity contribution is -0.124. The van der Waals surface area contributed by atoms with Crippen molar-refractivity contribution < 1.29 is 4.79 Å². The minimum absolute atomic E-state index is 0.0910. The van der Waals surface area contributed by atoms with Crippen molar-refractivity contribution >= 4 is 17.5 Å². The Morgan fingerprint density at radius 2 is 2.00 bits per heavy atom. The van der Waals surface area contributed by atoms with Crippen LogP contribution in [0.3, 0.4) is 0 Å². The number of anilines is 1. The van der Waals surface area contributed by atoms with E-state index >= 15 is 0 Å². The van der Waals surface area contributed by atoms with Crippen LogP contribution in [0.15, 0.2) is 42.5 Å². The highest BCUT2D eigenvalue weighted by molar-refractivity contribution is 5.78. The van der Waals surface area contributed by atoms with Gasteiger partial charge in [-0.15, -0.1) is 5.10 Å². The molecule has 0 unspecified atom stereocenters. The first kappa shape index (κ1) is 14.6. The molecule has 2 aromatic heterocycles. The molecule has 0 saturated carbocycles. The van der Waals surface area contributed by atoms with Crippen LogP contribution < -0.4 is 11.1 Å². The van der Waals surface area contributed by atoms with Gasteiger partial charge in [-0.25, -0.2) is 4.52 Å². The molecule has 0 atom stereocenters. The molecular weight excluding hydrogens is 304 g/mol. The van der Waals surface area contributed by atoms with Gasteiger partial charge in [-0.3, -0.25) is 9.69 Å². The number of piperazine rings is 1. The minimum Gasteiger partial charge on any atom is -0.366 e. The van der Waals surface area contributed by atoms with E-state index in [2.05, 4.69) is 44.6 Å². The monoisotopic (exact) mass is 322 g/mol. The SMILES string of the molecule is Nc1nc2cccc(-c3ccc(CN4CCNC(=O)C4)cc3)n2n1. The number of carbonyl (C=O) groups excluding carboxylic acids is 1. The maximum atomic E-state index is 11.5. The van der Waals surface area contributed by atoms with Crippen LogP contribution >= 0.6 is 0 Å². The van der Waals surface area contributed by atoms with Crippen molar-refractivity contribution in [1.82, 2.24) is 24.8 Å². The number of pyridine rings is 1. The fourth-order valence-electron chi connectivity index (χ4n) is 3.01. The van der Waals surface area contributed by atoms with E-state index in [1.807, 2.05) is 18.2 Å². The van der Waals surface area contributed by atoms with Crippen LogP contribution in [0, 0.1) is 0 Å². The van der Waals surface area contributed by atoms with E-state index in [1.165, 1.54) is 5.56 Å². The second-order valence-corrected chi connectivity index (χ2v) is 5.91. The lowest BCUT2D eigenvalue weighted by Crippen LogP contribution is -2.47. The van der Waals surface area contributed by atoms with Crippen molar-refractivity contribution in [2.24, 2.45) is 0 Å². The van der Waals surface area contributed by atoms with Crippen molar-refractivity contribution in [2.45, 2.75) is 6.54 Å². The average Bonchev–Trinajstić information content (AvgIpc) is 2.96. The summed E-state index contributed by atoms with van der Waals surface area (Å²) < 4.78 is 1.75. The first-order valence-electron chi connectivity index (χ1n) is 7.89. The first-order valence-corrected chi connectivity index (χ1v) is 7.89. The fraction of sp³-hybridized carbons (Fsp3) is 0.235. The first-order chi connectivity index (χ1) is 11.7. The van der Waals surface area contributed by atoms with Crippen molar-refractivity contribution in [1.29, 1.82) is 0 Å². The number of nitrogen functional groups attached to an aromatic ring is 1. The van der Waals surface area contributed by atoms with Gasteiger partial charge in [-0.05, 0) is 17.7 Å². The summed E-state index contributed by atoms with van der Waals surface area (Å²) in [6.07, 6.45) is 0. The van der Waals surface area contributed by atoms with E-state index in [1.54, 1.807) is 4.52 Å². The lowest BCUT2D eigenvalue weighted by Gasteiger charge is -2.26. The minimum atomic E-state index is 0.0910. The van der Waals surface area contributed by atoms with Gasteiger partial charge >= 0.3 is 0 Å². The van der Waals surface area contributed by atoms with Crippen LogP contribution in [0.2, 0.25) is 0 Å². The summed E-state index contributed by atoms with van der Waals surface area (Å²) in [5.74, 6) is 0.357. The third-order valence-corrected chi connectivity index (χ3v) is 4.15. The molecule has 7 nitrogen and oxygen atoms in total. The standard InChI is InChI=1S/C17H18N6O/c18-17-20-15-3-1-2-14(23(15)21-17)13-6-4-12(5-7-13)10-22-9-8-19-16(24)11-22/h1-7H,8-11H2,(H2,18,21)(H,19,24). The van der Waals surface area contributed by atoms with Crippen molar-refractivity contribution in [3.8, 4) is 11.3 Å². The number of aromatic nitrogens is 3. The lowest BCUT2D eigenvalue weighted by atomic mass is 10.1. The molecule has 122 valence electrons. The van der Waals surface area contributed by atoms with Crippen LogP contribution in [0.1, 0.15) is 5.56 Å². The summed E-state index contributed by atoms with van der Waals surface area (Å²) in [5, 5.41) is 7.09. The molecular formula is C17H18N6O.